The minimum atomic E-state index is -4.45. The minimum Gasteiger partial charge on any atom is -0.790 e. The number of halogens is 1. The molecule has 1 heterocycles. The van der Waals surface area contributed by atoms with Gasteiger partial charge in [-0.05, 0) is 47.5 Å². The molecule has 176 valence electrons. The van der Waals surface area contributed by atoms with Crippen molar-refractivity contribution in [3.8, 4) is 34.1 Å². The summed E-state index contributed by atoms with van der Waals surface area (Å²) in [5.74, 6) is 0.667. The number of aliphatic hydroxyl groups is 1. The molecule has 1 aromatic heterocycles. The van der Waals surface area contributed by atoms with E-state index < -0.39 is 37.8 Å². The standard InChI is InChI=1S/C26H25FNO5P.2Li/c1-17(2)23-15-24(18-6-4-3-5-7-18)28-26(19-8-10-20(27)11-9-19)22(23)12-13-34(32,33)16-21(29)14-25(30)31;;/h3-11,15,17,21,29H,14,16H2,1-2H3,(H,30,31)(H,32,33);;/q;2*+1/p-2/t21-;;/m1../s1. The molecule has 2 atom stereocenters. The zero-order chi connectivity index (χ0) is 24.9. The Kier molecular flexibility index (Phi) is 12.4. The largest absolute Gasteiger partial charge is 1.00 e. The van der Waals surface area contributed by atoms with Gasteiger partial charge >= 0.3 is 37.7 Å². The molecule has 2 aromatic carbocycles. The summed E-state index contributed by atoms with van der Waals surface area (Å²) in [7, 11) is -4.45. The van der Waals surface area contributed by atoms with Crippen molar-refractivity contribution in [1.82, 2.24) is 4.98 Å². The molecular formula is C26H23FLi2NO5P. The van der Waals surface area contributed by atoms with E-state index in [4.69, 9.17) is 4.98 Å². The first-order chi connectivity index (χ1) is 16.1. The summed E-state index contributed by atoms with van der Waals surface area (Å²) in [6.45, 7) is 3.87. The fourth-order valence-electron chi connectivity index (χ4n) is 3.45. The fraction of sp³-hybridized carbons (Fsp3) is 0.231. The van der Waals surface area contributed by atoms with Gasteiger partial charge in [0.2, 0.25) is 0 Å². The molecule has 0 fully saturated rings. The van der Waals surface area contributed by atoms with E-state index in [0.29, 0.717) is 22.5 Å². The van der Waals surface area contributed by atoms with Crippen LogP contribution in [-0.2, 0) is 9.36 Å². The van der Waals surface area contributed by atoms with Gasteiger partial charge in [-0.25, -0.2) is 9.37 Å². The van der Waals surface area contributed by atoms with Crippen LogP contribution in [0.3, 0.4) is 0 Å². The molecule has 0 bridgehead atoms. The first-order valence-electron chi connectivity index (χ1n) is 10.6. The van der Waals surface area contributed by atoms with Crippen LogP contribution in [0.25, 0.3) is 22.5 Å². The second-order valence-electron chi connectivity index (χ2n) is 8.17. The first kappa shape index (κ1) is 31.9. The predicted octanol–water partition coefficient (Wildman–Crippen LogP) is -2.87. The maximum absolute atomic E-state index is 13.6. The summed E-state index contributed by atoms with van der Waals surface area (Å²) in [5, 5.41) is 20.3. The van der Waals surface area contributed by atoms with Crippen LogP contribution in [0.4, 0.5) is 4.39 Å². The molecule has 10 heteroatoms. The molecule has 6 nitrogen and oxygen atoms in total. The minimum absolute atomic E-state index is 0. The van der Waals surface area contributed by atoms with Gasteiger partial charge in [-0.1, -0.05) is 50.1 Å². The van der Waals surface area contributed by atoms with Crippen molar-refractivity contribution in [1.29, 1.82) is 0 Å². The third kappa shape index (κ3) is 8.78. The van der Waals surface area contributed by atoms with Crippen molar-refractivity contribution >= 4 is 13.3 Å². The van der Waals surface area contributed by atoms with Gasteiger partial charge in [0.15, 0.2) is 0 Å². The number of pyridine rings is 1. The average Bonchev–Trinajstić information content (AvgIpc) is 2.77. The van der Waals surface area contributed by atoms with Crippen molar-refractivity contribution in [2.45, 2.75) is 32.3 Å². The number of rotatable bonds is 7. The summed E-state index contributed by atoms with van der Waals surface area (Å²) in [6, 6.07) is 16.9. The van der Waals surface area contributed by atoms with E-state index in [1.807, 2.05) is 50.2 Å². The van der Waals surface area contributed by atoms with Crippen molar-refractivity contribution in [3.63, 3.8) is 0 Å². The molecule has 3 rings (SSSR count). The van der Waals surface area contributed by atoms with Crippen LogP contribution in [0.5, 0.6) is 0 Å². The first-order valence-corrected chi connectivity index (χ1v) is 12.4. The zero-order valence-electron chi connectivity index (χ0n) is 20.7. The van der Waals surface area contributed by atoms with Gasteiger partial charge in [0.1, 0.15) is 5.82 Å². The van der Waals surface area contributed by atoms with Crippen LogP contribution in [0, 0.1) is 17.4 Å². The van der Waals surface area contributed by atoms with Gasteiger partial charge in [0.25, 0.3) is 0 Å². The van der Waals surface area contributed by atoms with Crippen molar-refractivity contribution in [3.05, 3.63) is 77.6 Å². The van der Waals surface area contributed by atoms with Crippen LogP contribution in [-0.4, -0.2) is 28.3 Å². The molecule has 0 radical (unpaired) electrons. The van der Waals surface area contributed by atoms with E-state index >= 15 is 0 Å². The third-order valence-corrected chi connectivity index (χ3v) is 6.42. The summed E-state index contributed by atoms with van der Waals surface area (Å²) in [4.78, 5) is 27.8. The zero-order valence-corrected chi connectivity index (χ0v) is 21.6. The van der Waals surface area contributed by atoms with Crippen LogP contribution < -0.4 is 47.7 Å². The number of nitrogens with zero attached hydrogens (tertiary/aromatic N) is 1. The topological polar surface area (TPSA) is 113 Å². The second kappa shape index (κ2) is 14.0. The molecule has 3 aromatic rings. The number of aromatic nitrogens is 1. The Hall–Kier alpha value is -2.11. The summed E-state index contributed by atoms with van der Waals surface area (Å²) in [6.07, 6.45) is -3.24. The van der Waals surface area contributed by atoms with Crippen LogP contribution in [0.15, 0.2) is 60.7 Å². The Morgan fingerprint density at radius 2 is 1.69 bits per heavy atom. The van der Waals surface area contributed by atoms with Crippen LogP contribution >= 0.6 is 7.37 Å². The van der Waals surface area contributed by atoms with Gasteiger partial charge in [-0.15, -0.1) is 0 Å². The number of hydrogen-bond acceptors (Lipinski definition) is 6. The molecule has 1 N–H and O–H groups in total. The number of benzene rings is 2. The van der Waals surface area contributed by atoms with Crippen molar-refractivity contribution in [2.24, 2.45) is 0 Å². The predicted molar refractivity (Wildman–Crippen MR) is 124 cm³/mol. The van der Waals surface area contributed by atoms with E-state index in [0.717, 1.165) is 11.1 Å². The molecule has 0 aliphatic carbocycles. The Morgan fingerprint density at radius 1 is 1.08 bits per heavy atom. The second-order valence-corrected chi connectivity index (χ2v) is 10.1. The fourth-order valence-corrected chi connectivity index (χ4v) is 4.50. The molecule has 0 saturated carbocycles. The van der Waals surface area contributed by atoms with E-state index in [9.17, 15) is 28.9 Å². The van der Waals surface area contributed by atoms with Crippen LogP contribution in [0.1, 0.15) is 37.3 Å². The number of carboxylic acid groups (broad SMARTS) is 1. The van der Waals surface area contributed by atoms with E-state index in [2.05, 4.69) is 11.6 Å². The number of carboxylic acids is 1. The smallest absolute Gasteiger partial charge is 0.790 e. The van der Waals surface area contributed by atoms with Gasteiger partial charge in [0.05, 0.1) is 30.4 Å². The van der Waals surface area contributed by atoms with Gasteiger partial charge < -0.3 is 24.5 Å². The maximum Gasteiger partial charge on any atom is 1.00 e. The maximum atomic E-state index is 13.6. The summed E-state index contributed by atoms with van der Waals surface area (Å²) < 4.78 is 26.0. The Bertz CT molecular complexity index is 1290. The van der Waals surface area contributed by atoms with E-state index in [-0.39, 0.29) is 43.6 Å². The number of hydrogen-bond donors (Lipinski definition) is 1. The van der Waals surface area contributed by atoms with Crippen LogP contribution in [0.2, 0.25) is 0 Å². The molecule has 36 heavy (non-hydrogen) atoms. The van der Waals surface area contributed by atoms with E-state index in [1.54, 1.807) is 12.1 Å². The van der Waals surface area contributed by atoms with Crippen molar-refractivity contribution in [2.75, 3.05) is 6.16 Å². The molecule has 0 aliphatic heterocycles. The number of aliphatic hydroxyl groups excluding tert-OH is 1. The average molecular weight is 493 g/mol. The van der Waals surface area contributed by atoms with Crippen molar-refractivity contribution < 1.29 is 66.6 Å². The van der Waals surface area contributed by atoms with Gasteiger partial charge in [-0.2, -0.15) is 0 Å². The molecule has 0 amide bonds. The number of carbonyl (C=O) groups excluding carboxylic acids is 1. The normalized spacial score (nSPS) is 12.8. The molecule has 0 aliphatic rings. The third-order valence-electron chi connectivity index (χ3n) is 5.06. The SMILES string of the molecule is CC(C)c1cc(-c2ccccc2)nc(-c2ccc(F)cc2)c1C#CP(=O)([O-])C[C@H](O)CC(=O)[O-].[Li+].[Li+]. The number of carbonyl (C=O) groups is 1. The van der Waals surface area contributed by atoms with Gasteiger partial charge in [0, 0.05) is 29.7 Å². The Balaban J connectivity index is 0.00000324. The Labute approximate surface area is 234 Å². The summed E-state index contributed by atoms with van der Waals surface area (Å²) in [5.41, 5.74) is 5.80. The summed E-state index contributed by atoms with van der Waals surface area (Å²) >= 11 is 0. The van der Waals surface area contributed by atoms with E-state index in [1.165, 1.54) is 12.1 Å². The number of aliphatic carboxylic acids is 1. The molecule has 0 saturated heterocycles. The molecule has 1 unspecified atom stereocenters. The molecule has 0 spiro atoms. The van der Waals surface area contributed by atoms with Gasteiger partial charge in [-0.3, -0.25) is 0 Å². The Morgan fingerprint density at radius 3 is 2.25 bits per heavy atom. The quantitative estimate of drug-likeness (QED) is 0.215. The monoisotopic (exact) mass is 493 g/mol. The molecular weight excluding hydrogens is 470 g/mol.